The first-order valence-corrected chi connectivity index (χ1v) is 8.62. The Kier molecular flexibility index (Phi) is 6.45. The summed E-state index contributed by atoms with van der Waals surface area (Å²) in [6.07, 6.45) is 6.43. The molecular formula is C21H26O4. The fourth-order valence-corrected chi connectivity index (χ4v) is 2.61. The van der Waals surface area contributed by atoms with Gasteiger partial charge in [-0.25, -0.2) is 4.79 Å². The van der Waals surface area contributed by atoms with Gasteiger partial charge in [0.25, 0.3) is 0 Å². The summed E-state index contributed by atoms with van der Waals surface area (Å²) < 4.78 is 10.8. The normalized spacial score (nSPS) is 11.6. The van der Waals surface area contributed by atoms with E-state index in [1.807, 2.05) is 19.9 Å². The van der Waals surface area contributed by atoms with Gasteiger partial charge in [0, 0.05) is 12.5 Å². The number of fused-ring (bicyclic) bond motifs is 1. The Bertz CT molecular complexity index is 852. The molecule has 0 atom stereocenters. The number of rotatable bonds is 7. The number of hydrogen-bond acceptors (Lipinski definition) is 4. The van der Waals surface area contributed by atoms with E-state index in [1.54, 1.807) is 18.2 Å². The highest BCUT2D eigenvalue weighted by Crippen LogP contribution is 2.29. The van der Waals surface area contributed by atoms with Gasteiger partial charge in [0.15, 0.2) is 0 Å². The molecule has 4 nitrogen and oxygen atoms in total. The van der Waals surface area contributed by atoms with E-state index in [9.17, 15) is 9.90 Å². The van der Waals surface area contributed by atoms with Crippen molar-refractivity contribution in [2.75, 3.05) is 6.61 Å². The molecule has 2 aromatic rings. The zero-order valence-corrected chi connectivity index (χ0v) is 15.4. The van der Waals surface area contributed by atoms with E-state index in [0.29, 0.717) is 35.3 Å². The molecule has 0 bridgehead atoms. The summed E-state index contributed by atoms with van der Waals surface area (Å²) in [4.78, 5) is 12.2. The Hall–Kier alpha value is -2.49. The van der Waals surface area contributed by atoms with Crippen LogP contribution in [0.25, 0.3) is 11.0 Å². The monoisotopic (exact) mass is 342 g/mol. The lowest BCUT2D eigenvalue weighted by Gasteiger charge is -2.07. The predicted molar refractivity (Wildman–Crippen MR) is 101 cm³/mol. The third-order valence-corrected chi connectivity index (χ3v) is 4.00. The highest BCUT2D eigenvalue weighted by atomic mass is 16.5. The van der Waals surface area contributed by atoms with Crippen molar-refractivity contribution in [3.8, 4) is 11.5 Å². The molecule has 25 heavy (non-hydrogen) atoms. The molecule has 0 fully saturated rings. The molecule has 0 saturated heterocycles. The number of allylic oxidation sites excluding steroid dienone is 4. The lowest BCUT2D eigenvalue weighted by atomic mass is 10.1. The largest absolute Gasteiger partial charge is 0.507 e. The van der Waals surface area contributed by atoms with Crippen molar-refractivity contribution in [3.63, 3.8) is 0 Å². The number of ether oxygens (including phenoxy) is 1. The van der Waals surface area contributed by atoms with Gasteiger partial charge >= 0.3 is 5.63 Å². The van der Waals surface area contributed by atoms with Crippen LogP contribution in [-0.2, 0) is 6.42 Å². The fraction of sp³-hybridized carbons (Fsp3) is 0.381. The minimum atomic E-state index is -0.507. The van der Waals surface area contributed by atoms with Crippen molar-refractivity contribution in [2.24, 2.45) is 0 Å². The maximum atomic E-state index is 12.2. The molecule has 1 aromatic carbocycles. The first-order valence-electron chi connectivity index (χ1n) is 8.62. The first kappa shape index (κ1) is 18.8. The SMILES string of the molecule is CCOc1ccc2c(O)c(C/C=C(\C)CCC=C(C)C)c(=O)oc2c1. The molecule has 134 valence electrons. The fourth-order valence-electron chi connectivity index (χ4n) is 2.61. The van der Waals surface area contributed by atoms with Gasteiger partial charge in [-0.3, -0.25) is 0 Å². The molecule has 1 N–H and O–H groups in total. The van der Waals surface area contributed by atoms with Crippen LogP contribution in [0.1, 0.15) is 46.1 Å². The van der Waals surface area contributed by atoms with Gasteiger partial charge in [-0.1, -0.05) is 23.3 Å². The average Bonchev–Trinajstić information content (AvgIpc) is 2.54. The maximum Gasteiger partial charge on any atom is 0.343 e. The molecule has 0 saturated carbocycles. The molecule has 0 aliphatic rings. The van der Waals surface area contributed by atoms with Crippen LogP contribution < -0.4 is 10.4 Å². The molecule has 1 aromatic heterocycles. The Morgan fingerprint density at radius 1 is 1.24 bits per heavy atom. The van der Waals surface area contributed by atoms with Gasteiger partial charge in [0.1, 0.15) is 17.1 Å². The zero-order chi connectivity index (χ0) is 18.4. The summed E-state index contributed by atoms with van der Waals surface area (Å²) in [6, 6.07) is 5.10. The van der Waals surface area contributed by atoms with Crippen molar-refractivity contribution in [1.29, 1.82) is 0 Å². The van der Waals surface area contributed by atoms with Crippen molar-refractivity contribution >= 4 is 11.0 Å². The van der Waals surface area contributed by atoms with Crippen LogP contribution in [-0.4, -0.2) is 11.7 Å². The molecule has 2 rings (SSSR count). The van der Waals surface area contributed by atoms with E-state index in [-0.39, 0.29) is 5.75 Å². The van der Waals surface area contributed by atoms with Gasteiger partial charge < -0.3 is 14.3 Å². The van der Waals surface area contributed by atoms with E-state index < -0.39 is 5.63 Å². The van der Waals surface area contributed by atoms with Crippen molar-refractivity contribution in [1.82, 2.24) is 0 Å². The molecular weight excluding hydrogens is 316 g/mol. The second-order valence-corrected chi connectivity index (χ2v) is 6.38. The van der Waals surface area contributed by atoms with E-state index >= 15 is 0 Å². The van der Waals surface area contributed by atoms with Crippen molar-refractivity contribution in [2.45, 2.75) is 47.0 Å². The number of hydrogen-bond donors (Lipinski definition) is 1. The molecule has 0 unspecified atom stereocenters. The molecule has 0 aliphatic heterocycles. The van der Waals surface area contributed by atoms with Gasteiger partial charge in [-0.2, -0.15) is 0 Å². The van der Waals surface area contributed by atoms with Crippen LogP contribution in [0, 0.1) is 0 Å². The van der Waals surface area contributed by atoms with Crippen LogP contribution in [0.3, 0.4) is 0 Å². The van der Waals surface area contributed by atoms with Crippen LogP contribution in [0.5, 0.6) is 11.5 Å². The summed E-state index contributed by atoms with van der Waals surface area (Å²) >= 11 is 0. The van der Waals surface area contributed by atoms with E-state index in [4.69, 9.17) is 9.15 Å². The predicted octanol–water partition coefficient (Wildman–Crippen LogP) is 5.13. The lowest BCUT2D eigenvalue weighted by Crippen LogP contribution is -2.07. The first-order chi connectivity index (χ1) is 11.9. The standard InChI is InChI=1S/C21H26O4/c1-5-24-16-10-12-17-19(13-16)25-21(23)18(20(17)22)11-9-15(4)8-6-7-14(2)3/h7,9-10,12-13,22H,5-6,8,11H2,1-4H3/b15-9+. The molecule has 0 radical (unpaired) electrons. The van der Waals surface area contributed by atoms with E-state index in [1.165, 1.54) is 11.1 Å². The zero-order valence-electron chi connectivity index (χ0n) is 15.4. The third kappa shape index (κ3) is 4.99. The van der Waals surface area contributed by atoms with E-state index in [2.05, 4.69) is 19.9 Å². The lowest BCUT2D eigenvalue weighted by molar-refractivity contribution is 0.340. The Morgan fingerprint density at radius 3 is 2.68 bits per heavy atom. The molecule has 0 aliphatic carbocycles. The third-order valence-electron chi connectivity index (χ3n) is 4.00. The Morgan fingerprint density at radius 2 is 2.00 bits per heavy atom. The van der Waals surface area contributed by atoms with Crippen molar-refractivity contribution < 1.29 is 14.3 Å². The van der Waals surface area contributed by atoms with Crippen LogP contribution >= 0.6 is 0 Å². The summed E-state index contributed by atoms with van der Waals surface area (Å²) in [5, 5.41) is 11.0. The van der Waals surface area contributed by atoms with Gasteiger partial charge in [0.05, 0.1) is 17.6 Å². The van der Waals surface area contributed by atoms with Crippen LogP contribution in [0.15, 0.2) is 50.7 Å². The highest BCUT2D eigenvalue weighted by Gasteiger charge is 2.13. The van der Waals surface area contributed by atoms with E-state index in [0.717, 1.165) is 12.8 Å². The maximum absolute atomic E-state index is 12.2. The molecule has 0 amide bonds. The molecule has 1 heterocycles. The number of benzene rings is 1. The Labute approximate surface area is 148 Å². The van der Waals surface area contributed by atoms with Gasteiger partial charge in [-0.05, 0) is 52.7 Å². The summed E-state index contributed by atoms with van der Waals surface area (Å²) in [6.45, 7) is 8.60. The quantitative estimate of drug-likeness (QED) is 0.559. The van der Waals surface area contributed by atoms with Crippen LogP contribution in [0.2, 0.25) is 0 Å². The van der Waals surface area contributed by atoms with Gasteiger partial charge in [-0.15, -0.1) is 0 Å². The Balaban J connectivity index is 2.25. The minimum absolute atomic E-state index is 0.0114. The molecule has 4 heteroatoms. The highest BCUT2D eigenvalue weighted by molar-refractivity contribution is 5.85. The summed E-state index contributed by atoms with van der Waals surface area (Å²) in [7, 11) is 0. The topological polar surface area (TPSA) is 59.7 Å². The summed E-state index contributed by atoms with van der Waals surface area (Å²) in [5.41, 5.74) is 2.60. The minimum Gasteiger partial charge on any atom is -0.507 e. The molecule has 0 spiro atoms. The average molecular weight is 342 g/mol. The van der Waals surface area contributed by atoms with Crippen LogP contribution in [0.4, 0.5) is 0 Å². The van der Waals surface area contributed by atoms with Gasteiger partial charge in [0.2, 0.25) is 0 Å². The van der Waals surface area contributed by atoms with Crippen molar-refractivity contribution in [3.05, 3.63) is 57.5 Å². The number of aromatic hydroxyl groups is 1. The smallest absolute Gasteiger partial charge is 0.343 e. The second-order valence-electron chi connectivity index (χ2n) is 6.38. The summed E-state index contributed by atoms with van der Waals surface area (Å²) in [5.74, 6) is 0.600. The second kappa shape index (κ2) is 8.56.